The Morgan fingerprint density at radius 3 is 2.42 bits per heavy atom. The first-order valence-corrected chi connectivity index (χ1v) is 8.55. The quantitative estimate of drug-likeness (QED) is 0.677. The molecule has 26 heavy (non-hydrogen) atoms. The van der Waals surface area contributed by atoms with E-state index in [1.807, 2.05) is 13.0 Å². The molecule has 2 N–H and O–H groups in total. The van der Waals surface area contributed by atoms with Crippen molar-refractivity contribution in [3.05, 3.63) is 59.7 Å². The zero-order valence-corrected chi connectivity index (χ0v) is 15.1. The monoisotopic (exact) mass is 356 g/mol. The zero-order valence-electron chi connectivity index (χ0n) is 15.1. The van der Waals surface area contributed by atoms with Gasteiger partial charge in [-0.05, 0) is 48.9 Å². The molecule has 0 radical (unpaired) electrons. The fourth-order valence-electron chi connectivity index (χ4n) is 2.22. The van der Waals surface area contributed by atoms with Crippen molar-refractivity contribution in [2.24, 2.45) is 0 Å². The number of hydrogen-bond acceptors (Lipinski definition) is 4. The summed E-state index contributed by atoms with van der Waals surface area (Å²) in [4.78, 5) is 24.3. The second-order valence-corrected chi connectivity index (χ2v) is 5.66. The van der Waals surface area contributed by atoms with Gasteiger partial charge in [-0.1, -0.05) is 13.0 Å². The fourth-order valence-corrected chi connectivity index (χ4v) is 2.22. The van der Waals surface area contributed by atoms with Crippen molar-refractivity contribution >= 4 is 17.5 Å². The summed E-state index contributed by atoms with van der Waals surface area (Å²) < 4.78 is 10.4. The van der Waals surface area contributed by atoms with E-state index in [9.17, 15) is 9.59 Å². The van der Waals surface area contributed by atoms with Gasteiger partial charge in [-0.15, -0.1) is 0 Å². The predicted octanol–water partition coefficient (Wildman–Crippen LogP) is 3.10. The Morgan fingerprint density at radius 1 is 0.962 bits per heavy atom. The Kier molecular flexibility index (Phi) is 7.64. The van der Waals surface area contributed by atoms with Gasteiger partial charge >= 0.3 is 0 Å². The molecule has 2 aromatic rings. The number of carbonyl (C=O) groups excluding carboxylic acids is 2. The average molecular weight is 356 g/mol. The lowest BCUT2D eigenvalue weighted by molar-refractivity contribution is 0.0936. The van der Waals surface area contributed by atoms with Crippen molar-refractivity contribution in [3.63, 3.8) is 0 Å². The SMILES string of the molecule is CCCOc1cccc(C(=O)Nc2ccc(C(=O)NCCOC)cc2)c1. The van der Waals surface area contributed by atoms with Crippen LogP contribution in [-0.2, 0) is 4.74 Å². The molecule has 0 aliphatic carbocycles. The van der Waals surface area contributed by atoms with E-state index < -0.39 is 0 Å². The fraction of sp³-hybridized carbons (Fsp3) is 0.300. The van der Waals surface area contributed by atoms with Crippen LogP contribution >= 0.6 is 0 Å². The number of nitrogens with one attached hydrogen (secondary N) is 2. The van der Waals surface area contributed by atoms with Gasteiger partial charge in [-0.2, -0.15) is 0 Å². The Morgan fingerprint density at radius 2 is 1.73 bits per heavy atom. The van der Waals surface area contributed by atoms with E-state index in [0.29, 0.717) is 42.3 Å². The second-order valence-electron chi connectivity index (χ2n) is 5.66. The standard InChI is InChI=1S/C20H24N2O4/c1-3-12-26-18-6-4-5-16(14-18)20(24)22-17-9-7-15(8-10-17)19(23)21-11-13-25-2/h4-10,14H,3,11-13H2,1-2H3,(H,21,23)(H,22,24). The summed E-state index contributed by atoms with van der Waals surface area (Å²) >= 11 is 0. The molecule has 0 fully saturated rings. The first-order valence-electron chi connectivity index (χ1n) is 8.55. The first kappa shape index (κ1) is 19.5. The number of methoxy groups -OCH3 is 1. The van der Waals surface area contributed by atoms with Crippen molar-refractivity contribution in [2.45, 2.75) is 13.3 Å². The van der Waals surface area contributed by atoms with Gasteiger partial charge in [0.1, 0.15) is 5.75 Å². The van der Waals surface area contributed by atoms with E-state index >= 15 is 0 Å². The highest BCUT2D eigenvalue weighted by molar-refractivity contribution is 6.04. The summed E-state index contributed by atoms with van der Waals surface area (Å²) in [6.07, 6.45) is 0.905. The van der Waals surface area contributed by atoms with Crippen LogP contribution in [0, 0.1) is 0 Å². The van der Waals surface area contributed by atoms with Crippen molar-refractivity contribution < 1.29 is 19.1 Å². The van der Waals surface area contributed by atoms with Gasteiger partial charge in [0.05, 0.1) is 13.2 Å². The third-order valence-corrected chi connectivity index (χ3v) is 3.57. The number of amides is 2. The minimum Gasteiger partial charge on any atom is -0.494 e. The van der Waals surface area contributed by atoms with Gasteiger partial charge < -0.3 is 20.1 Å². The maximum atomic E-state index is 12.4. The highest BCUT2D eigenvalue weighted by Crippen LogP contribution is 2.16. The Bertz CT molecular complexity index is 729. The Labute approximate surface area is 153 Å². The lowest BCUT2D eigenvalue weighted by Gasteiger charge is -2.09. The maximum absolute atomic E-state index is 12.4. The van der Waals surface area contributed by atoms with Crippen LogP contribution in [0.1, 0.15) is 34.1 Å². The highest BCUT2D eigenvalue weighted by Gasteiger charge is 2.09. The summed E-state index contributed by atoms with van der Waals surface area (Å²) in [6.45, 7) is 3.54. The van der Waals surface area contributed by atoms with Crippen molar-refractivity contribution in [3.8, 4) is 5.75 Å². The molecule has 2 amide bonds. The number of carbonyl (C=O) groups is 2. The molecule has 2 aromatic carbocycles. The molecule has 138 valence electrons. The molecular weight excluding hydrogens is 332 g/mol. The van der Waals surface area contributed by atoms with Crippen molar-refractivity contribution in [2.75, 3.05) is 32.2 Å². The van der Waals surface area contributed by atoms with Gasteiger partial charge in [0.15, 0.2) is 0 Å². The lowest BCUT2D eigenvalue weighted by Crippen LogP contribution is -2.26. The Balaban J connectivity index is 1.96. The van der Waals surface area contributed by atoms with E-state index in [2.05, 4.69) is 10.6 Å². The summed E-state index contributed by atoms with van der Waals surface area (Å²) in [6, 6.07) is 13.8. The molecule has 0 atom stereocenters. The van der Waals surface area contributed by atoms with E-state index in [1.165, 1.54) is 0 Å². The number of anilines is 1. The predicted molar refractivity (Wildman–Crippen MR) is 101 cm³/mol. The molecular formula is C20H24N2O4. The number of benzene rings is 2. The second kappa shape index (κ2) is 10.2. The largest absolute Gasteiger partial charge is 0.494 e. The molecule has 0 saturated heterocycles. The van der Waals surface area contributed by atoms with Crippen molar-refractivity contribution in [1.29, 1.82) is 0 Å². The smallest absolute Gasteiger partial charge is 0.255 e. The summed E-state index contributed by atoms with van der Waals surface area (Å²) in [5, 5.41) is 5.56. The van der Waals surface area contributed by atoms with Crippen LogP contribution in [0.4, 0.5) is 5.69 Å². The zero-order chi connectivity index (χ0) is 18.8. The molecule has 2 rings (SSSR count). The van der Waals surface area contributed by atoms with Gasteiger partial charge in [0, 0.05) is 30.5 Å². The minimum atomic E-state index is -0.232. The molecule has 0 aromatic heterocycles. The lowest BCUT2D eigenvalue weighted by atomic mass is 10.1. The van der Waals surface area contributed by atoms with Gasteiger partial charge in [-0.3, -0.25) is 9.59 Å². The van der Waals surface area contributed by atoms with Crippen LogP contribution in [0.15, 0.2) is 48.5 Å². The van der Waals surface area contributed by atoms with E-state index in [0.717, 1.165) is 6.42 Å². The Hall–Kier alpha value is -2.86. The van der Waals surface area contributed by atoms with Crippen molar-refractivity contribution in [1.82, 2.24) is 5.32 Å². The van der Waals surface area contributed by atoms with Gasteiger partial charge in [0.2, 0.25) is 0 Å². The number of rotatable bonds is 9. The summed E-state index contributed by atoms with van der Waals surface area (Å²) in [7, 11) is 1.58. The van der Waals surface area contributed by atoms with E-state index in [-0.39, 0.29) is 11.8 Å². The van der Waals surface area contributed by atoms with Crippen LogP contribution in [0.5, 0.6) is 5.75 Å². The summed E-state index contributed by atoms with van der Waals surface area (Å²) in [5.41, 5.74) is 1.65. The minimum absolute atomic E-state index is 0.180. The molecule has 0 bridgehead atoms. The summed E-state index contributed by atoms with van der Waals surface area (Å²) in [5.74, 6) is 0.257. The number of ether oxygens (including phenoxy) is 2. The van der Waals surface area contributed by atoms with Gasteiger partial charge in [-0.25, -0.2) is 0 Å². The highest BCUT2D eigenvalue weighted by atomic mass is 16.5. The number of hydrogen-bond donors (Lipinski definition) is 2. The van der Waals surface area contributed by atoms with Crippen LogP contribution in [-0.4, -0.2) is 38.7 Å². The van der Waals surface area contributed by atoms with Crippen LogP contribution in [0.25, 0.3) is 0 Å². The first-order chi connectivity index (χ1) is 12.6. The molecule has 0 aliphatic rings. The van der Waals surface area contributed by atoms with Gasteiger partial charge in [0.25, 0.3) is 11.8 Å². The molecule has 0 unspecified atom stereocenters. The third-order valence-electron chi connectivity index (χ3n) is 3.57. The molecule has 0 heterocycles. The van der Waals surface area contributed by atoms with E-state index in [1.54, 1.807) is 49.6 Å². The molecule has 6 nitrogen and oxygen atoms in total. The van der Waals surface area contributed by atoms with Crippen LogP contribution < -0.4 is 15.4 Å². The maximum Gasteiger partial charge on any atom is 0.255 e. The molecule has 0 saturated carbocycles. The van der Waals surface area contributed by atoms with E-state index in [4.69, 9.17) is 9.47 Å². The normalized spacial score (nSPS) is 10.2. The molecule has 0 aliphatic heterocycles. The van der Waals surface area contributed by atoms with Crippen LogP contribution in [0.2, 0.25) is 0 Å². The topological polar surface area (TPSA) is 76.7 Å². The average Bonchev–Trinajstić information content (AvgIpc) is 2.67. The third kappa shape index (κ3) is 5.89. The molecule has 0 spiro atoms. The molecule has 6 heteroatoms. The van der Waals surface area contributed by atoms with Crippen LogP contribution in [0.3, 0.4) is 0 Å².